The van der Waals surface area contributed by atoms with E-state index in [1.54, 1.807) is 0 Å². The molecular weight excluding hydrogens is 388 g/mol. The molecule has 158 valence electrons. The van der Waals surface area contributed by atoms with Crippen LogP contribution in [0.2, 0.25) is 0 Å². The van der Waals surface area contributed by atoms with Crippen LogP contribution < -0.4 is 4.90 Å². The number of rotatable bonds is 3. The summed E-state index contributed by atoms with van der Waals surface area (Å²) in [6.45, 7) is 3.90. The molecule has 0 radical (unpaired) electrons. The van der Waals surface area contributed by atoms with Gasteiger partial charge in [-0.3, -0.25) is 4.90 Å². The summed E-state index contributed by atoms with van der Waals surface area (Å²) in [7, 11) is 0. The van der Waals surface area contributed by atoms with Crippen molar-refractivity contribution in [2.45, 2.75) is 31.5 Å². The third-order valence-electron chi connectivity index (χ3n) is 7.28. The molecular formula is C30H28N2. The monoisotopic (exact) mass is 417 g/mol. The minimum absolute atomic E-state index is 0.115. The maximum Gasteiger partial charge on any atom is 0.0995 e. The largest absolute Gasteiger partial charge is 0.354 e. The Morgan fingerprint density at radius 1 is 0.750 bits per heavy atom. The van der Waals surface area contributed by atoms with E-state index in [1.807, 2.05) is 0 Å². The highest BCUT2D eigenvalue weighted by atomic mass is 15.5. The summed E-state index contributed by atoms with van der Waals surface area (Å²) in [5, 5.41) is 0. The number of benzene rings is 4. The lowest BCUT2D eigenvalue weighted by atomic mass is 9.77. The lowest BCUT2D eigenvalue weighted by Crippen LogP contribution is -2.44. The second-order valence-corrected chi connectivity index (χ2v) is 8.93. The molecule has 0 spiro atoms. The molecule has 2 aliphatic rings. The van der Waals surface area contributed by atoms with Gasteiger partial charge in [0.25, 0.3) is 0 Å². The van der Waals surface area contributed by atoms with E-state index in [0.717, 1.165) is 5.69 Å². The van der Waals surface area contributed by atoms with E-state index in [1.165, 1.54) is 27.8 Å². The number of aryl methyl sites for hydroxylation is 1. The first-order chi connectivity index (χ1) is 16.2. The van der Waals surface area contributed by atoms with Crippen LogP contribution in [0.15, 0.2) is 109 Å². The zero-order valence-electron chi connectivity index (χ0n) is 19.5. The van der Waals surface area contributed by atoms with Gasteiger partial charge in [-0.25, -0.2) is 0 Å². The molecule has 2 unspecified atom stereocenters. The van der Waals surface area contributed by atoms with Gasteiger partial charge in [0.1, 0.15) is 0 Å². The van der Waals surface area contributed by atoms with Gasteiger partial charge in [0.2, 0.25) is 0 Å². The molecule has 2 nitrogen and oxygen atoms in total. The quantitative estimate of drug-likeness (QED) is 0.375. The van der Waals surface area contributed by atoms with E-state index < -0.39 is 12.2 Å². The first kappa shape index (κ1) is 18.2. The van der Waals surface area contributed by atoms with Crippen LogP contribution in [-0.4, -0.2) is 17.6 Å². The average molecular weight is 418 g/mol. The number of hydrogen-bond acceptors (Lipinski definition) is 2. The molecule has 0 aromatic heterocycles. The summed E-state index contributed by atoms with van der Waals surface area (Å²) in [4.78, 5) is 4.75. The molecule has 32 heavy (non-hydrogen) atoms. The zero-order chi connectivity index (χ0) is 22.6. The van der Waals surface area contributed by atoms with Crippen molar-refractivity contribution in [1.82, 2.24) is 4.90 Å². The topological polar surface area (TPSA) is 6.48 Å². The van der Waals surface area contributed by atoms with Crippen LogP contribution in [0.25, 0.3) is 0 Å². The summed E-state index contributed by atoms with van der Waals surface area (Å²) < 4.78 is 9.66. The van der Waals surface area contributed by atoms with Gasteiger partial charge in [-0.1, -0.05) is 103 Å². The van der Waals surface area contributed by atoms with Crippen LogP contribution in [0.5, 0.6) is 0 Å². The van der Waals surface area contributed by atoms with Crippen molar-refractivity contribution in [1.29, 1.82) is 0 Å². The Kier molecular flexibility index (Phi) is 4.19. The van der Waals surface area contributed by atoms with E-state index in [2.05, 4.69) is 133 Å². The van der Waals surface area contributed by atoms with Gasteiger partial charge in [-0.2, -0.15) is 0 Å². The van der Waals surface area contributed by atoms with Crippen molar-refractivity contribution in [3.63, 3.8) is 0 Å². The van der Waals surface area contributed by atoms with E-state index in [4.69, 9.17) is 0 Å². The van der Waals surface area contributed by atoms with Crippen molar-refractivity contribution in [3.8, 4) is 0 Å². The second-order valence-electron chi connectivity index (χ2n) is 8.93. The van der Waals surface area contributed by atoms with Gasteiger partial charge in [-0.15, -0.1) is 0 Å². The summed E-state index contributed by atoms with van der Waals surface area (Å²) in [5.41, 5.74) is 6.87. The molecule has 6 rings (SSSR count). The maximum absolute atomic E-state index is 9.66. The molecule has 0 N–H and O–H groups in total. The van der Waals surface area contributed by atoms with Gasteiger partial charge >= 0.3 is 0 Å². The third kappa shape index (κ3) is 2.56. The summed E-state index contributed by atoms with van der Waals surface area (Å²) in [5.74, 6) is 0. The number of nitrogens with zero attached hydrogens (tertiary/aromatic N) is 2. The molecule has 1 saturated heterocycles. The average Bonchev–Trinajstić information content (AvgIpc) is 3.31. The number of fused-ring (bicyclic) bond motifs is 3. The van der Waals surface area contributed by atoms with Crippen LogP contribution in [0.1, 0.15) is 42.2 Å². The lowest BCUT2D eigenvalue weighted by molar-refractivity contribution is 0.169. The van der Waals surface area contributed by atoms with E-state index in [9.17, 15) is 1.37 Å². The second kappa shape index (κ2) is 7.36. The Bertz CT molecular complexity index is 1250. The van der Waals surface area contributed by atoms with Crippen LogP contribution in [0, 0.1) is 6.92 Å². The third-order valence-corrected chi connectivity index (χ3v) is 7.28. The lowest BCUT2D eigenvalue weighted by Gasteiger charge is -2.40. The van der Waals surface area contributed by atoms with Gasteiger partial charge < -0.3 is 4.90 Å². The van der Waals surface area contributed by atoms with Crippen LogP contribution in [0.4, 0.5) is 5.69 Å². The molecule has 4 aromatic rings. The predicted octanol–water partition coefficient (Wildman–Crippen LogP) is 6.51. The first-order valence-electron chi connectivity index (χ1n) is 12.0. The van der Waals surface area contributed by atoms with E-state index in [-0.39, 0.29) is 12.1 Å². The molecule has 4 aromatic carbocycles. The van der Waals surface area contributed by atoms with Crippen LogP contribution in [0.3, 0.4) is 0 Å². The Balaban J connectivity index is 1.66. The van der Waals surface area contributed by atoms with Crippen LogP contribution >= 0.6 is 0 Å². The highest BCUT2D eigenvalue weighted by Crippen LogP contribution is 2.58. The first-order valence-corrected chi connectivity index (χ1v) is 11.4. The highest BCUT2D eigenvalue weighted by Gasteiger charge is 2.58. The maximum atomic E-state index is 9.66. The fourth-order valence-electron chi connectivity index (χ4n) is 5.89. The van der Waals surface area contributed by atoms with Crippen molar-refractivity contribution >= 4 is 5.69 Å². The number of anilines is 1. The smallest absolute Gasteiger partial charge is 0.0995 e. The molecule has 2 heteroatoms. The Morgan fingerprint density at radius 3 is 1.97 bits per heavy atom. The number of para-hydroxylation sites is 1. The fourth-order valence-corrected chi connectivity index (χ4v) is 5.89. The molecule has 0 aliphatic carbocycles. The van der Waals surface area contributed by atoms with E-state index in [0.29, 0.717) is 0 Å². The van der Waals surface area contributed by atoms with Crippen molar-refractivity contribution in [3.05, 3.63) is 137 Å². The summed E-state index contributed by atoms with van der Waals surface area (Å²) in [6.07, 6.45) is 0. The Morgan fingerprint density at radius 2 is 1.31 bits per heavy atom. The molecule has 2 heterocycles. The van der Waals surface area contributed by atoms with Crippen molar-refractivity contribution in [2.75, 3.05) is 11.5 Å². The zero-order valence-corrected chi connectivity index (χ0v) is 18.5. The normalized spacial score (nSPS) is 24.1. The van der Waals surface area contributed by atoms with Crippen molar-refractivity contribution < 1.29 is 1.37 Å². The summed E-state index contributed by atoms with van der Waals surface area (Å²) >= 11 is 0. The number of hydrogen-bond donors (Lipinski definition) is 0. The Hall–Kier alpha value is -3.36. The molecule has 1 fully saturated rings. The SMILES string of the molecule is [2H]C1N(c2ccccc2C)[C@@H](C)C2c3ccccc3C(c3ccccc3)(c3ccccc3)N21. The highest BCUT2D eigenvalue weighted by molar-refractivity contribution is 5.62. The molecule has 3 atom stereocenters. The van der Waals surface area contributed by atoms with Gasteiger partial charge in [0.05, 0.1) is 19.6 Å². The van der Waals surface area contributed by atoms with Crippen LogP contribution in [-0.2, 0) is 5.54 Å². The standard InChI is InChI=1S/C30H28N2/c1-22-13-9-12-20-28(22)31-21-32-29(23(31)2)26-18-10-11-19-27(26)30(32,24-14-5-3-6-15-24)25-16-7-4-8-17-25/h3-20,23,29H,21H2,1-2H3/t23-,29?/m0/s1/i21D/t21?,23-,29?. The fraction of sp³-hybridized carbons (Fsp3) is 0.200. The van der Waals surface area contributed by atoms with E-state index >= 15 is 0 Å². The van der Waals surface area contributed by atoms with Gasteiger partial charge in [0.15, 0.2) is 0 Å². The predicted molar refractivity (Wildman–Crippen MR) is 132 cm³/mol. The molecule has 0 bridgehead atoms. The van der Waals surface area contributed by atoms with Gasteiger partial charge in [0, 0.05) is 11.7 Å². The molecule has 0 saturated carbocycles. The molecule has 2 aliphatic heterocycles. The summed E-state index contributed by atoms with van der Waals surface area (Å²) in [6, 6.07) is 39.1. The van der Waals surface area contributed by atoms with Crippen molar-refractivity contribution in [2.24, 2.45) is 0 Å². The minimum atomic E-state index is -0.529. The Labute approximate surface area is 192 Å². The molecule has 0 amide bonds. The van der Waals surface area contributed by atoms with Gasteiger partial charge in [-0.05, 0) is 47.7 Å². The minimum Gasteiger partial charge on any atom is -0.354 e.